The molecule has 0 heterocycles. The summed E-state index contributed by atoms with van der Waals surface area (Å²) in [5.41, 5.74) is -0.365. The van der Waals surface area contributed by atoms with Gasteiger partial charge in [0.15, 0.2) is 0 Å². The van der Waals surface area contributed by atoms with Crippen LogP contribution < -0.4 is 0 Å². The van der Waals surface area contributed by atoms with Gasteiger partial charge in [-0.1, -0.05) is 34.6 Å². The zero-order valence-corrected chi connectivity index (χ0v) is 12.8. The average molecular weight is 254 g/mol. The summed E-state index contributed by atoms with van der Waals surface area (Å²) in [5.74, 6) is 1.06. The van der Waals surface area contributed by atoms with Crippen LogP contribution in [0.5, 0.6) is 0 Å². The fourth-order valence-electron chi connectivity index (χ4n) is 3.09. The second-order valence-corrected chi connectivity index (χ2v) is 7.14. The van der Waals surface area contributed by atoms with Crippen LogP contribution in [0.25, 0.3) is 0 Å². The van der Waals surface area contributed by atoms with Crippen molar-refractivity contribution in [3.05, 3.63) is 0 Å². The van der Waals surface area contributed by atoms with Crippen LogP contribution in [0.15, 0.2) is 0 Å². The van der Waals surface area contributed by atoms with Crippen molar-refractivity contribution in [3.63, 3.8) is 0 Å². The molecule has 1 fully saturated rings. The predicted octanol–water partition coefficient (Wildman–Crippen LogP) is 3.96. The third-order valence-electron chi connectivity index (χ3n) is 4.93. The molecule has 0 aromatic heterocycles. The fraction of sp³-hybridized carbons (Fsp3) is 0.938. The highest BCUT2D eigenvalue weighted by molar-refractivity contribution is 5.81. The summed E-state index contributed by atoms with van der Waals surface area (Å²) in [5, 5.41) is 10.4. The number of carbonyl (C=O) groups excluding carboxylic acids is 1. The molecule has 2 atom stereocenters. The van der Waals surface area contributed by atoms with Gasteiger partial charge in [0.1, 0.15) is 5.78 Å². The molecule has 1 aliphatic carbocycles. The minimum absolute atomic E-state index is 0.0767. The number of hydrogen-bond donors (Lipinski definition) is 1. The van der Waals surface area contributed by atoms with Gasteiger partial charge in [-0.3, -0.25) is 4.79 Å². The highest BCUT2D eigenvalue weighted by Crippen LogP contribution is 2.41. The SMILES string of the molecule is CCC(O)(CC)CC1CC(C(C)(C)C)CCC1=O. The standard InChI is InChI=1S/C16H30O2/c1-6-16(18,7-2)11-12-10-13(15(3,4)5)8-9-14(12)17/h12-13,18H,6-11H2,1-5H3. The number of aliphatic hydroxyl groups is 1. The minimum atomic E-state index is -0.639. The summed E-state index contributed by atoms with van der Waals surface area (Å²) in [7, 11) is 0. The van der Waals surface area contributed by atoms with Crippen LogP contribution in [0, 0.1) is 17.3 Å². The minimum Gasteiger partial charge on any atom is -0.390 e. The third kappa shape index (κ3) is 3.81. The number of rotatable bonds is 4. The van der Waals surface area contributed by atoms with Crippen LogP contribution in [0.2, 0.25) is 0 Å². The van der Waals surface area contributed by atoms with E-state index in [2.05, 4.69) is 20.8 Å². The van der Waals surface area contributed by atoms with Gasteiger partial charge in [-0.25, -0.2) is 0 Å². The van der Waals surface area contributed by atoms with Crippen LogP contribution in [0.1, 0.15) is 73.1 Å². The maximum Gasteiger partial charge on any atom is 0.136 e. The van der Waals surface area contributed by atoms with Crippen molar-refractivity contribution >= 4 is 5.78 Å². The Hall–Kier alpha value is -0.370. The summed E-state index contributed by atoms with van der Waals surface area (Å²) in [6, 6.07) is 0. The van der Waals surface area contributed by atoms with Crippen molar-refractivity contribution in [2.24, 2.45) is 17.3 Å². The first-order valence-corrected chi connectivity index (χ1v) is 7.47. The molecule has 0 bridgehead atoms. The third-order valence-corrected chi connectivity index (χ3v) is 4.93. The molecule has 0 aromatic carbocycles. The molecule has 0 radical (unpaired) electrons. The van der Waals surface area contributed by atoms with Crippen molar-refractivity contribution in [3.8, 4) is 0 Å². The van der Waals surface area contributed by atoms with E-state index in [-0.39, 0.29) is 11.3 Å². The van der Waals surface area contributed by atoms with E-state index in [4.69, 9.17) is 0 Å². The highest BCUT2D eigenvalue weighted by atomic mass is 16.3. The van der Waals surface area contributed by atoms with Gasteiger partial charge in [-0.05, 0) is 43.4 Å². The molecule has 0 aliphatic heterocycles. The maximum atomic E-state index is 12.1. The van der Waals surface area contributed by atoms with Crippen molar-refractivity contribution < 1.29 is 9.90 Å². The summed E-state index contributed by atoms with van der Waals surface area (Å²) < 4.78 is 0. The van der Waals surface area contributed by atoms with Gasteiger partial charge < -0.3 is 5.11 Å². The second-order valence-electron chi connectivity index (χ2n) is 7.14. The highest BCUT2D eigenvalue weighted by Gasteiger charge is 2.38. The summed E-state index contributed by atoms with van der Waals surface area (Å²) in [6.45, 7) is 10.8. The lowest BCUT2D eigenvalue weighted by Crippen LogP contribution is -2.38. The van der Waals surface area contributed by atoms with E-state index in [1.165, 1.54) is 0 Å². The van der Waals surface area contributed by atoms with Crippen molar-refractivity contribution in [2.45, 2.75) is 78.7 Å². The van der Waals surface area contributed by atoms with Crippen molar-refractivity contribution in [2.75, 3.05) is 0 Å². The molecular formula is C16H30O2. The van der Waals surface area contributed by atoms with Gasteiger partial charge in [0, 0.05) is 12.3 Å². The quantitative estimate of drug-likeness (QED) is 0.824. The van der Waals surface area contributed by atoms with Gasteiger partial charge in [0.2, 0.25) is 0 Å². The Balaban J connectivity index is 2.71. The largest absolute Gasteiger partial charge is 0.390 e. The number of hydrogen-bond acceptors (Lipinski definition) is 2. The summed E-state index contributed by atoms with van der Waals surface area (Å²) >= 11 is 0. The van der Waals surface area contributed by atoms with Gasteiger partial charge >= 0.3 is 0 Å². The first-order valence-electron chi connectivity index (χ1n) is 7.47. The van der Waals surface area contributed by atoms with E-state index < -0.39 is 5.60 Å². The zero-order valence-electron chi connectivity index (χ0n) is 12.8. The normalized spacial score (nSPS) is 26.4. The molecule has 2 unspecified atom stereocenters. The topological polar surface area (TPSA) is 37.3 Å². The molecular weight excluding hydrogens is 224 g/mol. The molecule has 0 amide bonds. The van der Waals surface area contributed by atoms with Crippen LogP contribution in [-0.2, 0) is 4.79 Å². The van der Waals surface area contributed by atoms with Gasteiger partial charge in [0.25, 0.3) is 0 Å². The lowest BCUT2D eigenvalue weighted by Gasteiger charge is -2.39. The van der Waals surface area contributed by atoms with E-state index in [0.717, 1.165) is 25.7 Å². The Morgan fingerprint density at radius 3 is 2.22 bits per heavy atom. The monoisotopic (exact) mass is 254 g/mol. The van der Waals surface area contributed by atoms with Gasteiger partial charge in [-0.15, -0.1) is 0 Å². The molecule has 1 rings (SSSR count). The number of carbonyl (C=O) groups is 1. The zero-order chi connectivity index (χ0) is 14.0. The van der Waals surface area contributed by atoms with Crippen LogP contribution in [-0.4, -0.2) is 16.5 Å². The maximum absolute atomic E-state index is 12.1. The number of ketones is 1. The van der Waals surface area contributed by atoms with E-state index in [1.807, 2.05) is 13.8 Å². The molecule has 2 heteroatoms. The Morgan fingerprint density at radius 2 is 1.78 bits per heavy atom. The van der Waals surface area contributed by atoms with E-state index in [0.29, 0.717) is 24.5 Å². The summed E-state index contributed by atoms with van der Waals surface area (Å²) in [6.07, 6.45) is 4.84. The Labute approximate surface area is 112 Å². The van der Waals surface area contributed by atoms with Crippen molar-refractivity contribution in [1.29, 1.82) is 0 Å². The van der Waals surface area contributed by atoms with Crippen LogP contribution in [0.3, 0.4) is 0 Å². The molecule has 1 N–H and O–H groups in total. The van der Waals surface area contributed by atoms with E-state index >= 15 is 0 Å². The fourth-order valence-corrected chi connectivity index (χ4v) is 3.09. The molecule has 18 heavy (non-hydrogen) atoms. The molecule has 1 aliphatic rings. The molecule has 0 aromatic rings. The van der Waals surface area contributed by atoms with Gasteiger partial charge in [0.05, 0.1) is 5.60 Å². The lowest BCUT2D eigenvalue weighted by molar-refractivity contribution is -0.129. The molecule has 0 saturated heterocycles. The van der Waals surface area contributed by atoms with Crippen molar-refractivity contribution in [1.82, 2.24) is 0 Å². The van der Waals surface area contributed by atoms with E-state index in [1.54, 1.807) is 0 Å². The first kappa shape index (κ1) is 15.7. The first-order chi connectivity index (χ1) is 8.22. The molecule has 2 nitrogen and oxygen atoms in total. The second kappa shape index (κ2) is 5.73. The molecule has 1 saturated carbocycles. The Kier molecular flexibility index (Phi) is 4.99. The molecule has 0 spiro atoms. The van der Waals surface area contributed by atoms with Crippen LogP contribution in [0.4, 0.5) is 0 Å². The van der Waals surface area contributed by atoms with Gasteiger partial charge in [-0.2, -0.15) is 0 Å². The van der Waals surface area contributed by atoms with E-state index in [9.17, 15) is 9.90 Å². The lowest BCUT2D eigenvalue weighted by atomic mass is 9.66. The summed E-state index contributed by atoms with van der Waals surface area (Å²) in [4.78, 5) is 12.1. The number of Topliss-reactive ketones (excluding diaryl/α,β-unsaturated/α-hetero) is 1. The Bertz CT molecular complexity index is 284. The smallest absolute Gasteiger partial charge is 0.136 e. The molecule has 106 valence electrons. The van der Waals surface area contributed by atoms with Crippen LogP contribution >= 0.6 is 0 Å². The average Bonchev–Trinajstić information content (AvgIpc) is 2.30. The Morgan fingerprint density at radius 1 is 1.22 bits per heavy atom. The predicted molar refractivity (Wildman–Crippen MR) is 75.4 cm³/mol.